The van der Waals surface area contributed by atoms with Crippen LogP contribution in [0.1, 0.15) is 50.5 Å². The summed E-state index contributed by atoms with van der Waals surface area (Å²) in [5.74, 6) is 0.0487. The van der Waals surface area contributed by atoms with E-state index in [0.29, 0.717) is 12.1 Å². The van der Waals surface area contributed by atoms with Crippen molar-refractivity contribution in [3.05, 3.63) is 75.6 Å². The topological polar surface area (TPSA) is 94.6 Å². The fourth-order valence-electron chi connectivity index (χ4n) is 3.88. The average Bonchev–Trinajstić information content (AvgIpc) is 2.76. The van der Waals surface area contributed by atoms with Gasteiger partial charge in [-0.05, 0) is 60.3 Å². The molecule has 0 bridgehead atoms. The van der Waals surface area contributed by atoms with Crippen LogP contribution in [0.5, 0.6) is 5.75 Å². The zero-order chi connectivity index (χ0) is 25.1. The summed E-state index contributed by atoms with van der Waals surface area (Å²) in [6.45, 7) is 13.9. The highest BCUT2D eigenvalue weighted by Gasteiger charge is 2.39. The maximum Gasteiger partial charge on any atom is 0.248 e. The first-order chi connectivity index (χ1) is 15.9. The van der Waals surface area contributed by atoms with Crippen molar-refractivity contribution in [3.8, 4) is 5.75 Å². The smallest absolute Gasteiger partial charge is 0.248 e. The van der Waals surface area contributed by atoms with Gasteiger partial charge >= 0.3 is 0 Å². The molecule has 0 saturated heterocycles. The van der Waals surface area contributed by atoms with Gasteiger partial charge in [0.2, 0.25) is 5.56 Å². The minimum Gasteiger partial charge on any atom is -0.506 e. The predicted octanol–water partition coefficient (Wildman–Crippen LogP) is 5.01. The van der Waals surface area contributed by atoms with Gasteiger partial charge in [0.1, 0.15) is 5.75 Å². The Bertz CT molecular complexity index is 1180. The molecular formula is C27H38N2O4Si. The Morgan fingerprint density at radius 2 is 1.79 bits per heavy atom. The first-order valence-corrected chi connectivity index (χ1v) is 14.8. The fourth-order valence-corrected chi connectivity index (χ4v) is 5.15. The average molecular weight is 483 g/mol. The predicted molar refractivity (Wildman–Crippen MR) is 141 cm³/mol. The van der Waals surface area contributed by atoms with Crippen molar-refractivity contribution in [1.82, 2.24) is 10.3 Å². The number of hydrogen-bond donors (Lipinski definition) is 4. The van der Waals surface area contributed by atoms with E-state index in [4.69, 9.17) is 4.43 Å². The minimum atomic E-state index is -2.12. The third-order valence-electron chi connectivity index (χ3n) is 6.86. The Hall–Kier alpha value is -2.45. The van der Waals surface area contributed by atoms with E-state index in [9.17, 15) is 15.0 Å². The summed E-state index contributed by atoms with van der Waals surface area (Å²) in [6, 6.07) is 14.9. The van der Waals surface area contributed by atoms with Gasteiger partial charge in [0, 0.05) is 24.0 Å². The molecule has 2 atom stereocenters. The number of phenolic OH excluding ortho intramolecular Hbond substituents is 1. The molecule has 0 spiro atoms. The summed E-state index contributed by atoms with van der Waals surface area (Å²) < 4.78 is 6.87. The van der Waals surface area contributed by atoms with Gasteiger partial charge in [-0.2, -0.15) is 0 Å². The lowest BCUT2D eigenvalue weighted by Gasteiger charge is -2.40. The van der Waals surface area contributed by atoms with Crippen LogP contribution < -0.4 is 10.9 Å². The number of aliphatic hydroxyl groups is 1. The van der Waals surface area contributed by atoms with E-state index < -0.39 is 8.32 Å². The standard InChI is InChI=1S/C27H38N2O4Si/c1-18(14-19-8-7-9-20(15-19)17-30)28-16-24(33-34(5,6)27(2,3)4)21-10-12-23(31)26-22(21)11-13-25(32)29-26/h7-13,15,18,24,28,30-31H,14,16-17H2,1-6H3,(H,29,32)/t18-,24+/m1/s1. The van der Waals surface area contributed by atoms with Gasteiger partial charge in [-0.3, -0.25) is 4.79 Å². The van der Waals surface area contributed by atoms with E-state index in [1.807, 2.05) is 24.3 Å². The van der Waals surface area contributed by atoms with Gasteiger partial charge in [0.05, 0.1) is 18.2 Å². The lowest BCUT2D eigenvalue weighted by molar-refractivity contribution is 0.177. The van der Waals surface area contributed by atoms with Crippen molar-refractivity contribution in [2.45, 2.75) is 71.0 Å². The van der Waals surface area contributed by atoms with E-state index in [-0.39, 0.29) is 35.1 Å². The second kappa shape index (κ2) is 10.4. The Morgan fingerprint density at radius 1 is 1.09 bits per heavy atom. The number of fused-ring (bicyclic) bond motifs is 1. The molecule has 7 heteroatoms. The largest absolute Gasteiger partial charge is 0.506 e. The normalized spacial score (nSPS) is 14.3. The van der Waals surface area contributed by atoms with Crippen molar-refractivity contribution in [1.29, 1.82) is 0 Å². The summed E-state index contributed by atoms with van der Waals surface area (Å²) in [5.41, 5.74) is 3.20. The number of rotatable bonds is 9. The zero-order valence-corrected chi connectivity index (χ0v) is 22.1. The van der Waals surface area contributed by atoms with Crippen LogP contribution in [0.2, 0.25) is 18.1 Å². The molecule has 1 aromatic heterocycles. The van der Waals surface area contributed by atoms with Crippen LogP contribution in [0.15, 0.2) is 53.3 Å². The zero-order valence-electron chi connectivity index (χ0n) is 21.1. The summed E-state index contributed by atoms with van der Waals surface area (Å²) in [6.07, 6.45) is 0.575. The van der Waals surface area contributed by atoms with E-state index in [0.717, 1.165) is 22.9 Å². The number of aromatic amines is 1. The minimum absolute atomic E-state index is 0.0304. The summed E-state index contributed by atoms with van der Waals surface area (Å²) >= 11 is 0. The van der Waals surface area contributed by atoms with Gasteiger partial charge in [-0.25, -0.2) is 0 Å². The Labute approximate surface area is 203 Å². The highest BCUT2D eigenvalue weighted by atomic mass is 28.4. The van der Waals surface area contributed by atoms with Gasteiger partial charge in [0.25, 0.3) is 0 Å². The molecule has 0 fully saturated rings. The van der Waals surface area contributed by atoms with Crippen LogP contribution in [0.25, 0.3) is 10.9 Å². The summed E-state index contributed by atoms with van der Waals surface area (Å²) in [5, 5.41) is 24.2. The maximum atomic E-state index is 11.9. The highest BCUT2D eigenvalue weighted by molar-refractivity contribution is 6.74. The third-order valence-corrected chi connectivity index (χ3v) is 11.4. The maximum absolute atomic E-state index is 11.9. The van der Waals surface area contributed by atoms with E-state index in [1.165, 1.54) is 11.6 Å². The van der Waals surface area contributed by atoms with Crippen LogP contribution in [-0.4, -0.2) is 36.1 Å². The number of aromatic hydroxyl groups is 1. The molecule has 0 amide bonds. The van der Waals surface area contributed by atoms with Gasteiger partial charge in [0.15, 0.2) is 8.32 Å². The fraction of sp³-hybridized carbons (Fsp3) is 0.444. The van der Waals surface area contributed by atoms with Crippen LogP contribution in [-0.2, 0) is 17.5 Å². The number of nitrogens with one attached hydrogen (secondary N) is 2. The van der Waals surface area contributed by atoms with E-state index in [2.05, 4.69) is 57.2 Å². The molecule has 3 rings (SSSR count). The number of phenols is 1. The summed E-state index contributed by atoms with van der Waals surface area (Å²) in [4.78, 5) is 14.7. The molecule has 0 aliphatic carbocycles. The summed E-state index contributed by atoms with van der Waals surface area (Å²) in [7, 11) is -2.12. The second-order valence-corrected chi connectivity index (χ2v) is 15.4. The number of aliphatic hydroxyl groups excluding tert-OH is 1. The molecular weight excluding hydrogens is 444 g/mol. The Balaban J connectivity index is 1.90. The molecule has 4 N–H and O–H groups in total. The molecule has 0 aliphatic rings. The van der Waals surface area contributed by atoms with Crippen molar-refractivity contribution in [3.63, 3.8) is 0 Å². The molecule has 0 radical (unpaired) electrons. The Morgan fingerprint density at radius 3 is 2.47 bits per heavy atom. The van der Waals surface area contributed by atoms with Crippen LogP contribution in [0.4, 0.5) is 0 Å². The lowest BCUT2D eigenvalue weighted by Crippen LogP contribution is -2.44. The molecule has 0 aliphatic heterocycles. The number of H-pyrrole nitrogens is 1. The monoisotopic (exact) mass is 482 g/mol. The quantitative estimate of drug-likeness (QED) is 0.322. The van der Waals surface area contributed by atoms with Crippen molar-refractivity contribution in [2.75, 3.05) is 6.54 Å². The molecule has 184 valence electrons. The molecule has 1 heterocycles. The van der Waals surface area contributed by atoms with Gasteiger partial charge in [-0.1, -0.05) is 51.1 Å². The number of aromatic nitrogens is 1. The van der Waals surface area contributed by atoms with Crippen LogP contribution in [0.3, 0.4) is 0 Å². The molecule has 2 aromatic carbocycles. The second-order valence-electron chi connectivity index (χ2n) is 10.6. The molecule has 34 heavy (non-hydrogen) atoms. The number of pyridine rings is 1. The van der Waals surface area contributed by atoms with Crippen molar-refractivity contribution in [2.24, 2.45) is 0 Å². The van der Waals surface area contributed by atoms with Crippen molar-refractivity contribution < 1.29 is 14.6 Å². The molecule has 0 unspecified atom stereocenters. The first kappa shape index (κ1) is 26.2. The lowest BCUT2D eigenvalue weighted by atomic mass is 10.0. The van der Waals surface area contributed by atoms with Crippen LogP contribution >= 0.6 is 0 Å². The molecule has 0 saturated carbocycles. The third kappa shape index (κ3) is 6.15. The van der Waals surface area contributed by atoms with Gasteiger partial charge in [-0.15, -0.1) is 0 Å². The molecule has 3 aromatic rings. The molecule has 6 nitrogen and oxygen atoms in total. The SMILES string of the molecule is C[C@H](Cc1cccc(CO)c1)NC[C@H](O[Si](C)(C)C(C)(C)C)c1ccc(O)c2[nH]c(=O)ccc12. The van der Waals surface area contributed by atoms with E-state index in [1.54, 1.807) is 12.1 Å². The number of hydrogen-bond acceptors (Lipinski definition) is 5. The van der Waals surface area contributed by atoms with E-state index >= 15 is 0 Å². The van der Waals surface area contributed by atoms with Crippen molar-refractivity contribution >= 4 is 19.2 Å². The number of benzene rings is 2. The highest BCUT2D eigenvalue weighted by Crippen LogP contribution is 2.41. The van der Waals surface area contributed by atoms with Crippen LogP contribution in [0, 0.1) is 0 Å². The first-order valence-electron chi connectivity index (χ1n) is 11.9. The van der Waals surface area contributed by atoms with Gasteiger partial charge < -0.3 is 24.9 Å². The Kier molecular flexibility index (Phi) is 8.03.